The summed E-state index contributed by atoms with van der Waals surface area (Å²) in [7, 11) is 0. The van der Waals surface area contributed by atoms with Crippen molar-refractivity contribution >= 4 is 5.78 Å². The highest BCUT2D eigenvalue weighted by atomic mass is 16.5. The molecule has 1 aromatic carbocycles. The first-order valence-corrected chi connectivity index (χ1v) is 10.7. The van der Waals surface area contributed by atoms with Crippen LogP contribution in [0.3, 0.4) is 0 Å². The Morgan fingerprint density at radius 1 is 1.22 bits per heavy atom. The van der Waals surface area contributed by atoms with Gasteiger partial charge in [-0.25, -0.2) is 0 Å². The molecular formula is C23H36O4. The zero-order chi connectivity index (χ0) is 19.6. The Balaban J connectivity index is 2.00. The van der Waals surface area contributed by atoms with Gasteiger partial charge in [-0.2, -0.15) is 0 Å². The molecule has 1 aromatic rings. The molecule has 2 rings (SSSR count). The number of ketones is 1. The number of aliphatic hydroxyl groups excluding tert-OH is 1. The van der Waals surface area contributed by atoms with Gasteiger partial charge in [0.25, 0.3) is 0 Å². The van der Waals surface area contributed by atoms with E-state index in [0.29, 0.717) is 24.5 Å². The second-order valence-corrected chi connectivity index (χ2v) is 8.01. The normalized spacial score (nSPS) is 21.2. The number of rotatable bonds is 11. The highest BCUT2D eigenvalue weighted by Gasteiger charge is 2.31. The fourth-order valence-electron chi connectivity index (χ4n) is 4.18. The van der Waals surface area contributed by atoms with Crippen LogP contribution in [0.15, 0.2) is 18.2 Å². The molecule has 0 amide bonds. The molecule has 27 heavy (non-hydrogen) atoms. The van der Waals surface area contributed by atoms with Gasteiger partial charge >= 0.3 is 0 Å². The number of phenols is 1. The molecule has 0 radical (unpaired) electrons. The smallest absolute Gasteiger partial charge is 0.133 e. The molecule has 4 nitrogen and oxygen atoms in total. The summed E-state index contributed by atoms with van der Waals surface area (Å²) in [6, 6.07) is 5.53. The molecule has 152 valence electrons. The molecule has 0 spiro atoms. The van der Waals surface area contributed by atoms with Gasteiger partial charge in [-0.1, -0.05) is 32.3 Å². The molecule has 1 fully saturated rings. The van der Waals surface area contributed by atoms with Gasteiger partial charge in [0.1, 0.15) is 17.3 Å². The average Bonchev–Trinajstić information content (AvgIpc) is 2.64. The van der Waals surface area contributed by atoms with Crippen molar-refractivity contribution in [3.63, 3.8) is 0 Å². The van der Waals surface area contributed by atoms with Gasteiger partial charge in [-0.15, -0.1) is 0 Å². The van der Waals surface area contributed by atoms with E-state index in [4.69, 9.17) is 9.84 Å². The number of hydrogen-bond acceptors (Lipinski definition) is 4. The molecule has 0 aromatic heterocycles. The summed E-state index contributed by atoms with van der Waals surface area (Å²) >= 11 is 0. The lowest BCUT2D eigenvalue weighted by atomic mass is 9.73. The van der Waals surface area contributed by atoms with E-state index >= 15 is 0 Å². The largest absolute Gasteiger partial charge is 0.508 e. The number of ether oxygens (including phenoxy) is 1. The van der Waals surface area contributed by atoms with E-state index in [1.807, 2.05) is 12.1 Å². The van der Waals surface area contributed by atoms with Crippen LogP contribution in [-0.4, -0.2) is 28.7 Å². The number of Topliss-reactive ketones (excluding diaryl/α,β-unsaturated/α-hetero) is 1. The Morgan fingerprint density at radius 2 is 2.04 bits per heavy atom. The predicted octanol–water partition coefficient (Wildman–Crippen LogP) is 5.36. The number of aromatic hydroxyl groups is 1. The van der Waals surface area contributed by atoms with Crippen LogP contribution in [0.25, 0.3) is 0 Å². The zero-order valence-corrected chi connectivity index (χ0v) is 17.0. The molecule has 1 aliphatic rings. The Labute approximate surface area is 163 Å². The van der Waals surface area contributed by atoms with E-state index in [2.05, 4.69) is 13.8 Å². The minimum atomic E-state index is 0.0401. The van der Waals surface area contributed by atoms with Gasteiger partial charge in [0.05, 0.1) is 6.10 Å². The van der Waals surface area contributed by atoms with Gasteiger partial charge < -0.3 is 14.9 Å². The lowest BCUT2D eigenvalue weighted by molar-refractivity contribution is -0.121. The fourth-order valence-corrected chi connectivity index (χ4v) is 4.18. The quantitative estimate of drug-likeness (QED) is 0.511. The monoisotopic (exact) mass is 376 g/mol. The van der Waals surface area contributed by atoms with Crippen LogP contribution < -0.4 is 4.74 Å². The van der Waals surface area contributed by atoms with Gasteiger partial charge in [0.15, 0.2) is 0 Å². The molecular weight excluding hydrogens is 340 g/mol. The highest BCUT2D eigenvalue weighted by Crippen LogP contribution is 2.43. The zero-order valence-electron chi connectivity index (χ0n) is 17.0. The van der Waals surface area contributed by atoms with Crippen LogP contribution in [-0.2, 0) is 4.79 Å². The molecule has 0 saturated heterocycles. The standard InChI is InChI=1S/C23H36O4/c1-3-4-5-6-8-17(2)27-20-12-13-21(23(26)16-20)22-15-19(25)11-10-18(22)9-7-14-24/h12-13,16-18,22,24,26H,3-11,14-15H2,1-2H3/t17?,18-,22-/m0/s1. The molecule has 0 aliphatic heterocycles. The maximum Gasteiger partial charge on any atom is 0.133 e. The number of aliphatic hydroxyl groups is 1. The van der Waals surface area contributed by atoms with Crippen molar-refractivity contribution < 1.29 is 19.7 Å². The van der Waals surface area contributed by atoms with Crippen molar-refractivity contribution in [2.45, 2.75) is 90.1 Å². The minimum Gasteiger partial charge on any atom is -0.508 e. The van der Waals surface area contributed by atoms with Gasteiger partial charge in [0, 0.05) is 25.5 Å². The van der Waals surface area contributed by atoms with Gasteiger partial charge in [0.2, 0.25) is 0 Å². The summed E-state index contributed by atoms with van der Waals surface area (Å²) < 4.78 is 5.97. The van der Waals surface area contributed by atoms with E-state index in [-0.39, 0.29) is 30.2 Å². The van der Waals surface area contributed by atoms with E-state index in [0.717, 1.165) is 37.7 Å². The molecule has 4 heteroatoms. The Bertz CT molecular complexity index is 584. The SMILES string of the molecule is CCCCCCC(C)Oc1ccc([C@H]2CC(=O)CC[C@@H]2CCCO)c(O)c1. The number of carbonyl (C=O) groups excluding carboxylic acids is 1. The van der Waals surface area contributed by atoms with Gasteiger partial charge in [-0.3, -0.25) is 4.79 Å². The third kappa shape index (κ3) is 6.84. The molecule has 0 bridgehead atoms. The minimum absolute atomic E-state index is 0.0401. The molecule has 1 aliphatic carbocycles. The Morgan fingerprint density at radius 3 is 2.74 bits per heavy atom. The van der Waals surface area contributed by atoms with Crippen molar-refractivity contribution in [3.8, 4) is 11.5 Å². The molecule has 1 unspecified atom stereocenters. The molecule has 1 saturated carbocycles. The summed E-state index contributed by atoms with van der Waals surface area (Å²) in [5.41, 5.74) is 0.842. The Hall–Kier alpha value is -1.55. The van der Waals surface area contributed by atoms with E-state index in [1.54, 1.807) is 6.07 Å². The van der Waals surface area contributed by atoms with Crippen LogP contribution in [0.1, 0.15) is 89.5 Å². The number of phenolic OH excluding ortho intramolecular Hbond substituents is 1. The van der Waals surface area contributed by atoms with E-state index in [9.17, 15) is 9.90 Å². The molecule has 0 heterocycles. The number of benzene rings is 1. The molecule has 3 atom stereocenters. The first-order chi connectivity index (χ1) is 13.0. The predicted molar refractivity (Wildman–Crippen MR) is 108 cm³/mol. The van der Waals surface area contributed by atoms with Gasteiger partial charge in [-0.05, 0) is 62.5 Å². The lowest BCUT2D eigenvalue weighted by Crippen LogP contribution is -2.24. The summed E-state index contributed by atoms with van der Waals surface area (Å²) in [5, 5.41) is 19.7. The van der Waals surface area contributed by atoms with E-state index in [1.165, 1.54) is 19.3 Å². The summed E-state index contributed by atoms with van der Waals surface area (Å²) in [5.74, 6) is 1.55. The van der Waals surface area contributed by atoms with Crippen LogP contribution in [0.4, 0.5) is 0 Å². The number of unbranched alkanes of at least 4 members (excludes halogenated alkanes) is 3. The average molecular weight is 377 g/mol. The van der Waals surface area contributed by atoms with Crippen LogP contribution >= 0.6 is 0 Å². The van der Waals surface area contributed by atoms with Crippen molar-refractivity contribution in [1.29, 1.82) is 0 Å². The fraction of sp³-hybridized carbons (Fsp3) is 0.696. The van der Waals surface area contributed by atoms with Crippen LogP contribution in [0.2, 0.25) is 0 Å². The summed E-state index contributed by atoms with van der Waals surface area (Å²) in [6.07, 6.45) is 9.61. The van der Waals surface area contributed by atoms with Crippen molar-refractivity contribution in [1.82, 2.24) is 0 Å². The van der Waals surface area contributed by atoms with Crippen molar-refractivity contribution in [2.24, 2.45) is 5.92 Å². The van der Waals surface area contributed by atoms with Crippen LogP contribution in [0.5, 0.6) is 11.5 Å². The first kappa shape index (κ1) is 21.7. The summed E-state index contributed by atoms with van der Waals surface area (Å²) in [6.45, 7) is 4.45. The Kier molecular flexibility index (Phi) is 9.12. The lowest BCUT2D eigenvalue weighted by Gasteiger charge is -2.31. The maximum absolute atomic E-state index is 12.0. The second-order valence-electron chi connectivity index (χ2n) is 8.01. The van der Waals surface area contributed by atoms with Crippen LogP contribution in [0, 0.1) is 5.92 Å². The topological polar surface area (TPSA) is 66.8 Å². The van der Waals surface area contributed by atoms with E-state index < -0.39 is 0 Å². The highest BCUT2D eigenvalue weighted by molar-refractivity contribution is 5.80. The van der Waals surface area contributed by atoms with Crippen molar-refractivity contribution in [2.75, 3.05) is 6.61 Å². The maximum atomic E-state index is 12.0. The van der Waals surface area contributed by atoms with Crippen molar-refractivity contribution in [3.05, 3.63) is 23.8 Å². The third-order valence-electron chi connectivity index (χ3n) is 5.75. The first-order valence-electron chi connectivity index (χ1n) is 10.7. The third-order valence-corrected chi connectivity index (χ3v) is 5.75. The summed E-state index contributed by atoms with van der Waals surface area (Å²) in [4.78, 5) is 12.0. The molecule has 2 N–H and O–H groups in total. The second kappa shape index (κ2) is 11.3. The number of carbonyl (C=O) groups is 1. The number of hydrogen-bond donors (Lipinski definition) is 2.